The number of pyridine rings is 1. The van der Waals surface area contributed by atoms with Crippen LogP contribution in [0.5, 0.6) is 0 Å². The third-order valence-electron chi connectivity index (χ3n) is 3.06. The molecule has 0 aliphatic carbocycles. The monoisotopic (exact) mass is 309 g/mol. The minimum Gasteiger partial charge on any atom is -0.368 e. The number of hydrogen-bond donors (Lipinski definition) is 1. The zero-order valence-corrected chi connectivity index (χ0v) is 13.5. The molecule has 0 aliphatic heterocycles. The maximum absolute atomic E-state index is 5.98. The van der Waals surface area contributed by atoms with Gasteiger partial charge in [0.1, 0.15) is 0 Å². The Morgan fingerprint density at radius 2 is 2.20 bits per heavy atom. The van der Waals surface area contributed by atoms with Crippen molar-refractivity contribution in [3.05, 3.63) is 45.4 Å². The second-order valence-corrected chi connectivity index (χ2v) is 6.54. The molecule has 0 aromatic carbocycles. The summed E-state index contributed by atoms with van der Waals surface area (Å²) in [5, 5.41) is 3.44. The summed E-state index contributed by atoms with van der Waals surface area (Å²) < 4.78 is 0.837. The van der Waals surface area contributed by atoms with Crippen molar-refractivity contribution in [1.29, 1.82) is 0 Å². The van der Waals surface area contributed by atoms with Gasteiger partial charge in [-0.25, -0.2) is 0 Å². The number of halogens is 1. The van der Waals surface area contributed by atoms with Crippen molar-refractivity contribution in [3.63, 3.8) is 0 Å². The molecule has 2 rings (SSSR count). The van der Waals surface area contributed by atoms with E-state index in [1.165, 1.54) is 16.1 Å². The van der Waals surface area contributed by atoms with Crippen LogP contribution in [0.1, 0.15) is 23.8 Å². The lowest BCUT2D eigenvalue weighted by Gasteiger charge is -2.21. The molecule has 0 saturated heterocycles. The van der Waals surface area contributed by atoms with E-state index in [-0.39, 0.29) is 0 Å². The van der Waals surface area contributed by atoms with Gasteiger partial charge >= 0.3 is 0 Å². The van der Waals surface area contributed by atoms with E-state index in [2.05, 4.69) is 41.3 Å². The lowest BCUT2D eigenvalue weighted by molar-refractivity contribution is 0.673. The maximum Gasteiger partial charge on any atom is 0.0931 e. The summed E-state index contributed by atoms with van der Waals surface area (Å²) in [6, 6.07) is 6.10. The lowest BCUT2D eigenvalue weighted by Crippen LogP contribution is -2.21. The van der Waals surface area contributed by atoms with Crippen LogP contribution in [0.3, 0.4) is 0 Å². The Morgan fingerprint density at radius 3 is 2.90 bits per heavy atom. The van der Waals surface area contributed by atoms with Crippen LogP contribution >= 0.6 is 22.9 Å². The Kier molecular flexibility index (Phi) is 5.83. The van der Waals surface area contributed by atoms with Crippen molar-refractivity contribution < 1.29 is 0 Å². The molecule has 0 atom stereocenters. The van der Waals surface area contributed by atoms with E-state index in [9.17, 15) is 0 Å². The summed E-state index contributed by atoms with van der Waals surface area (Å²) in [7, 11) is 2.09. The minimum absolute atomic E-state index is 0.837. The van der Waals surface area contributed by atoms with Gasteiger partial charge in [0.15, 0.2) is 0 Å². The molecule has 0 radical (unpaired) electrons. The van der Waals surface area contributed by atoms with Gasteiger partial charge in [-0.15, -0.1) is 11.3 Å². The number of thiophene rings is 1. The average Bonchev–Trinajstić information content (AvgIpc) is 2.85. The third kappa shape index (κ3) is 4.20. The molecule has 0 saturated carbocycles. The predicted octanol–water partition coefficient (Wildman–Crippen LogP) is 3.93. The first-order chi connectivity index (χ1) is 9.70. The molecule has 108 valence electrons. The molecule has 2 heterocycles. The highest BCUT2D eigenvalue weighted by atomic mass is 35.5. The van der Waals surface area contributed by atoms with Gasteiger partial charge in [-0.05, 0) is 36.7 Å². The van der Waals surface area contributed by atoms with Crippen LogP contribution in [0.2, 0.25) is 4.34 Å². The molecule has 0 fully saturated rings. The zero-order valence-electron chi connectivity index (χ0n) is 11.9. The Morgan fingerprint density at radius 1 is 1.35 bits per heavy atom. The maximum atomic E-state index is 5.98. The molecule has 1 N–H and O–H groups in total. The smallest absolute Gasteiger partial charge is 0.0931 e. The molecule has 0 unspecified atom stereocenters. The topological polar surface area (TPSA) is 28.2 Å². The quantitative estimate of drug-likeness (QED) is 0.785. The van der Waals surface area contributed by atoms with Gasteiger partial charge in [0, 0.05) is 24.7 Å². The summed E-state index contributed by atoms with van der Waals surface area (Å²) in [5.41, 5.74) is 2.44. The van der Waals surface area contributed by atoms with Gasteiger partial charge < -0.3 is 10.2 Å². The fourth-order valence-electron chi connectivity index (χ4n) is 2.06. The van der Waals surface area contributed by atoms with Gasteiger partial charge in [-0.3, -0.25) is 4.98 Å². The Balaban J connectivity index is 2.06. The van der Waals surface area contributed by atoms with E-state index in [0.29, 0.717) is 0 Å². The summed E-state index contributed by atoms with van der Waals surface area (Å²) in [6.45, 7) is 4.93. The number of aromatic nitrogens is 1. The van der Waals surface area contributed by atoms with Crippen molar-refractivity contribution in [3.8, 4) is 0 Å². The van der Waals surface area contributed by atoms with E-state index in [1.807, 2.05) is 18.5 Å². The van der Waals surface area contributed by atoms with Crippen molar-refractivity contribution in [1.82, 2.24) is 10.3 Å². The summed E-state index contributed by atoms with van der Waals surface area (Å²) in [6.07, 6.45) is 4.92. The Bertz CT molecular complexity index is 541. The molecule has 5 heteroatoms. The van der Waals surface area contributed by atoms with Crippen LogP contribution < -0.4 is 10.2 Å². The minimum atomic E-state index is 0.837. The normalized spacial score (nSPS) is 10.8. The molecular formula is C15H20ClN3S. The third-order valence-corrected chi connectivity index (χ3v) is 4.28. The fraction of sp³-hybridized carbons (Fsp3) is 0.400. The van der Waals surface area contributed by atoms with E-state index in [0.717, 1.165) is 30.4 Å². The highest BCUT2D eigenvalue weighted by Crippen LogP contribution is 2.25. The van der Waals surface area contributed by atoms with Gasteiger partial charge in [-0.2, -0.15) is 0 Å². The molecule has 0 bridgehead atoms. The second-order valence-electron chi connectivity index (χ2n) is 4.74. The molecule has 0 spiro atoms. The molecular weight excluding hydrogens is 290 g/mol. The van der Waals surface area contributed by atoms with Crippen LogP contribution in [-0.4, -0.2) is 18.6 Å². The summed E-state index contributed by atoms with van der Waals surface area (Å²) in [5.74, 6) is 0. The molecule has 3 nitrogen and oxygen atoms in total. The first-order valence-corrected chi connectivity index (χ1v) is 7.99. The SMILES string of the molecule is CCCNCc1ccncc1N(C)Cc1ccc(Cl)s1. The first-order valence-electron chi connectivity index (χ1n) is 6.79. The van der Waals surface area contributed by atoms with Crippen molar-refractivity contribution >= 4 is 28.6 Å². The van der Waals surface area contributed by atoms with Crippen LogP contribution in [0.15, 0.2) is 30.6 Å². The lowest BCUT2D eigenvalue weighted by atomic mass is 10.2. The predicted molar refractivity (Wildman–Crippen MR) is 87.7 cm³/mol. The average molecular weight is 310 g/mol. The summed E-state index contributed by atoms with van der Waals surface area (Å²) >= 11 is 7.61. The standard InChI is InChI=1S/C15H20ClN3S/c1-3-7-17-9-12-6-8-18-10-14(12)19(2)11-13-4-5-15(16)20-13/h4-6,8,10,17H,3,7,9,11H2,1-2H3. The molecule has 0 amide bonds. The van der Waals surface area contributed by atoms with Gasteiger partial charge in [-0.1, -0.05) is 18.5 Å². The van der Waals surface area contributed by atoms with E-state index >= 15 is 0 Å². The summed E-state index contributed by atoms with van der Waals surface area (Å²) in [4.78, 5) is 7.73. The van der Waals surface area contributed by atoms with Crippen molar-refractivity contribution in [2.45, 2.75) is 26.4 Å². The van der Waals surface area contributed by atoms with Crippen molar-refractivity contribution in [2.75, 3.05) is 18.5 Å². The molecule has 2 aromatic rings. The van der Waals surface area contributed by atoms with Crippen LogP contribution in [-0.2, 0) is 13.1 Å². The van der Waals surface area contributed by atoms with E-state index in [1.54, 1.807) is 11.3 Å². The number of rotatable bonds is 7. The van der Waals surface area contributed by atoms with Gasteiger partial charge in [0.2, 0.25) is 0 Å². The van der Waals surface area contributed by atoms with Gasteiger partial charge in [0.05, 0.1) is 22.8 Å². The number of hydrogen-bond acceptors (Lipinski definition) is 4. The van der Waals surface area contributed by atoms with Crippen LogP contribution in [0.4, 0.5) is 5.69 Å². The highest BCUT2D eigenvalue weighted by molar-refractivity contribution is 7.16. The Labute approximate surface area is 129 Å². The first kappa shape index (κ1) is 15.3. The largest absolute Gasteiger partial charge is 0.368 e. The highest BCUT2D eigenvalue weighted by Gasteiger charge is 2.09. The van der Waals surface area contributed by atoms with Gasteiger partial charge in [0.25, 0.3) is 0 Å². The number of nitrogens with one attached hydrogen (secondary N) is 1. The zero-order chi connectivity index (χ0) is 14.4. The molecule has 0 aliphatic rings. The van der Waals surface area contributed by atoms with E-state index in [4.69, 9.17) is 11.6 Å². The Hall–Kier alpha value is -1.10. The van der Waals surface area contributed by atoms with Crippen molar-refractivity contribution in [2.24, 2.45) is 0 Å². The molecule has 20 heavy (non-hydrogen) atoms. The number of nitrogens with zero attached hydrogens (tertiary/aromatic N) is 2. The number of anilines is 1. The van der Waals surface area contributed by atoms with Crippen LogP contribution in [0.25, 0.3) is 0 Å². The molecule has 2 aromatic heterocycles. The fourth-order valence-corrected chi connectivity index (χ4v) is 3.20. The van der Waals surface area contributed by atoms with Crippen LogP contribution in [0, 0.1) is 0 Å². The van der Waals surface area contributed by atoms with E-state index < -0.39 is 0 Å². The second kappa shape index (κ2) is 7.62.